The van der Waals surface area contributed by atoms with E-state index in [2.05, 4.69) is 27.5 Å². The van der Waals surface area contributed by atoms with Crippen LogP contribution in [0.4, 0.5) is 0 Å². The van der Waals surface area contributed by atoms with Crippen molar-refractivity contribution in [1.82, 2.24) is 25.6 Å². The molecule has 2 N–H and O–H groups in total. The van der Waals surface area contributed by atoms with Gasteiger partial charge in [0.2, 0.25) is 0 Å². The molecule has 0 atom stereocenters. The fraction of sp³-hybridized carbons (Fsp3) is 0.444. The van der Waals surface area contributed by atoms with Gasteiger partial charge in [0.25, 0.3) is 5.91 Å². The zero-order valence-corrected chi connectivity index (χ0v) is 8.31. The summed E-state index contributed by atoms with van der Waals surface area (Å²) in [6.07, 6.45) is 3.29. The van der Waals surface area contributed by atoms with Crippen LogP contribution in [0.1, 0.15) is 16.5 Å². The maximum Gasteiger partial charge on any atom is 0.273 e. The molecule has 0 saturated carbocycles. The molecule has 6 nitrogen and oxygen atoms in total. The summed E-state index contributed by atoms with van der Waals surface area (Å²) >= 11 is 0. The van der Waals surface area contributed by atoms with Crippen LogP contribution in [0.5, 0.6) is 0 Å². The molecule has 15 heavy (non-hydrogen) atoms. The number of amides is 1. The molecule has 1 aliphatic heterocycles. The molecule has 6 heteroatoms. The second-order valence-electron chi connectivity index (χ2n) is 3.39. The number of nitrogens with one attached hydrogen (secondary N) is 2. The van der Waals surface area contributed by atoms with E-state index in [1.54, 1.807) is 17.0 Å². The summed E-state index contributed by atoms with van der Waals surface area (Å²) in [5, 5.41) is 13.5. The first-order chi connectivity index (χ1) is 7.31. The van der Waals surface area contributed by atoms with E-state index in [9.17, 15) is 4.79 Å². The van der Waals surface area contributed by atoms with Crippen LogP contribution in [-0.4, -0.2) is 40.5 Å². The molecule has 0 aromatic carbocycles. The molecule has 0 unspecified atom stereocenters. The third kappa shape index (κ3) is 2.04. The first kappa shape index (κ1) is 9.85. The normalized spacial score (nSPS) is 15.7. The molecular formula is C9H13N5O. The number of carbonyl (C=O) groups is 1. The van der Waals surface area contributed by atoms with Gasteiger partial charge in [-0.15, -0.1) is 11.7 Å². The van der Waals surface area contributed by atoms with E-state index in [4.69, 9.17) is 0 Å². The van der Waals surface area contributed by atoms with Crippen molar-refractivity contribution < 1.29 is 4.79 Å². The van der Waals surface area contributed by atoms with Crippen LogP contribution in [0, 0.1) is 0 Å². The predicted octanol–water partition coefficient (Wildman–Crippen LogP) is -0.662. The maximum absolute atomic E-state index is 11.5. The van der Waals surface area contributed by atoms with Gasteiger partial charge in [0.05, 0.1) is 12.2 Å². The highest BCUT2D eigenvalue weighted by Gasteiger charge is 2.21. The second kappa shape index (κ2) is 4.22. The largest absolute Gasteiger partial charge is 0.347 e. The fourth-order valence-electron chi connectivity index (χ4n) is 1.28. The summed E-state index contributed by atoms with van der Waals surface area (Å²) in [5.74, 6) is -0.214. The first-order valence-corrected chi connectivity index (χ1v) is 4.83. The molecule has 0 spiro atoms. The third-order valence-corrected chi connectivity index (χ3v) is 2.28. The average molecular weight is 207 g/mol. The number of aromatic nitrogens is 3. The van der Waals surface area contributed by atoms with Crippen LogP contribution in [0.2, 0.25) is 0 Å². The topological polar surface area (TPSA) is 71.8 Å². The average Bonchev–Trinajstić information content (AvgIpc) is 2.60. The zero-order chi connectivity index (χ0) is 10.7. The lowest BCUT2D eigenvalue weighted by Gasteiger charge is -2.26. The van der Waals surface area contributed by atoms with Crippen LogP contribution >= 0.6 is 0 Å². The Kier molecular flexibility index (Phi) is 2.77. The molecule has 1 saturated heterocycles. The summed E-state index contributed by atoms with van der Waals surface area (Å²) in [7, 11) is 0. The molecule has 1 aromatic rings. The van der Waals surface area contributed by atoms with Crippen molar-refractivity contribution in [3.8, 4) is 0 Å². The molecule has 0 radical (unpaired) electrons. The van der Waals surface area contributed by atoms with Crippen molar-refractivity contribution in [1.29, 1.82) is 0 Å². The molecule has 1 aromatic heterocycles. The van der Waals surface area contributed by atoms with Crippen molar-refractivity contribution in [2.75, 3.05) is 19.6 Å². The van der Waals surface area contributed by atoms with Gasteiger partial charge in [-0.1, -0.05) is 11.3 Å². The third-order valence-electron chi connectivity index (χ3n) is 2.28. The Balaban J connectivity index is 1.99. The van der Waals surface area contributed by atoms with E-state index in [1.165, 1.54) is 0 Å². The lowest BCUT2D eigenvalue weighted by atomic mass is 10.2. The Morgan fingerprint density at radius 3 is 3.20 bits per heavy atom. The predicted molar refractivity (Wildman–Crippen MR) is 54.5 cm³/mol. The highest BCUT2D eigenvalue weighted by atomic mass is 16.2. The minimum atomic E-state index is -0.214. The van der Waals surface area contributed by atoms with E-state index in [0.29, 0.717) is 18.3 Å². The highest BCUT2D eigenvalue weighted by Crippen LogP contribution is 2.09. The van der Waals surface area contributed by atoms with E-state index in [1.807, 2.05) is 0 Å². The Hall–Kier alpha value is -1.69. The summed E-state index contributed by atoms with van der Waals surface area (Å²) in [5.41, 5.74) is 0.351. The SMILES string of the molecule is C=CCNC(=O)c1cn(C2CNC2)nn1. The Morgan fingerprint density at radius 2 is 2.60 bits per heavy atom. The first-order valence-electron chi connectivity index (χ1n) is 4.83. The Bertz CT molecular complexity index is 368. The Labute approximate surface area is 87.3 Å². The van der Waals surface area contributed by atoms with Crippen molar-refractivity contribution in [3.63, 3.8) is 0 Å². The minimum absolute atomic E-state index is 0.214. The molecule has 0 aliphatic carbocycles. The summed E-state index contributed by atoms with van der Waals surface area (Å²) in [6, 6.07) is 0.332. The fourth-order valence-corrected chi connectivity index (χ4v) is 1.28. The minimum Gasteiger partial charge on any atom is -0.347 e. The highest BCUT2D eigenvalue weighted by molar-refractivity contribution is 5.91. The van der Waals surface area contributed by atoms with E-state index in [-0.39, 0.29) is 5.91 Å². The summed E-state index contributed by atoms with van der Waals surface area (Å²) in [6.45, 7) is 5.73. The van der Waals surface area contributed by atoms with Gasteiger partial charge >= 0.3 is 0 Å². The molecule has 80 valence electrons. The van der Waals surface area contributed by atoms with E-state index >= 15 is 0 Å². The van der Waals surface area contributed by atoms with Gasteiger partial charge in [-0.25, -0.2) is 4.68 Å². The molecule has 1 amide bonds. The summed E-state index contributed by atoms with van der Waals surface area (Å²) in [4.78, 5) is 11.5. The quantitative estimate of drug-likeness (QED) is 0.643. The van der Waals surface area contributed by atoms with E-state index in [0.717, 1.165) is 13.1 Å². The summed E-state index contributed by atoms with van der Waals surface area (Å²) < 4.78 is 1.72. The molecular weight excluding hydrogens is 194 g/mol. The molecule has 2 heterocycles. The van der Waals surface area contributed by atoms with Gasteiger partial charge in [0, 0.05) is 19.6 Å². The number of carbonyl (C=O) groups excluding carboxylic acids is 1. The second-order valence-corrected chi connectivity index (χ2v) is 3.39. The van der Waals surface area contributed by atoms with Crippen LogP contribution < -0.4 is 10.6 Å². The number of rotatable bonds is 4. The van der Waals surface area contributed by atoms with Crippen LogP contribution in [0.15, 0.2) is 18.9 Å². The molecule has 1 aliphatic rings. The maximum atomic E-state index is 11.5. The van der Waals surface area contributed by atoms with Crippen molar-refractivity contribution >= 4 is 5.91 Å². The lowest BCUT2D eigenvalue weighted by Crippen LogP contribution is -2.43. The smallest absolute Gasteiger partial charge is 0.273 e. The number of nitrogens with zero attached hydrogens (tertiary/aromatic N) is 3. The van der Waals surface area contributed by atoms with Gasteiger partial charge in [0.1, 0.15) is 0 Å². The van der Waals surface area contributed by atoms with Gasteiger partial charge in [-0.3, -0.25) is 4.79 Å². The van der Waals surface area contributed by atoms with Crippen LogP contribution in [0.25, 0.3) is 0 Å². The van der Waals surface area contributed by atoms with Gasteiger partial charge in [-0.05, 0) is 0 Å². The molecule has 1 fully saturated rings. The number of hydrogen-bond acceptors (Lipinski definition) is 4. The van der Waals surface area contributed by atoms with Crippen molar-refractivity contribution in [3.05, 3.63) is 24.5 Å². The number of hydrogen-bond donors (Lipinski definition) is 2. The van der Waals surface area contributed by atoms with Crippen LogP contribution in [0.3, 0.4) is 0 Å². The Morgan fingerprint density at radius 1 is 1.80 bits per heavy atom. The monoisotopic (exact) mass is 207 g/mol. The van der Waals surface area contributed by atoms with Gasteiger partial charge < -0.3 is 10.6 Å². The van der Waals surface area contributed by atoms with Crippen molar-refractivity contribution in [2.45, 2.75) is 6.04 Å². The standard InChI is InChI=1S/C9H13N5O/c1-2-3-11-9(15)8-6-14(13-12-8)7-4-10-5-7/h2,6-7,10H,1,3-5H2,(H,11,15). The lowest BCUT2D eigenvalue weighted by molar-refractivity contribution is 0.0953. The van der Waals surface area contributed by atoms with Gasteiger partial charge in [0.15, 0.2) is 5.69 Å². The molecule has 2 rings (SSSR count). The zero-order valence-electron chi connectivity index (χ0n) is 8.31. The van der Waals surface area contributed by atoms with E-state index < -0.39 is 0 Å². The van der Waals surface area contributed by atoms with Crippen molar-refractivity contribution in [2.24, 2.45) is 0 Å². The van der Waals surface area contributed by atoms with Crippen LogP contribution in [-0.2, 0) is 0 Å². The molecule has 0 bridgehead atoms. The van der Waals surface area contributed by atoms with Gasteiger partial charge in [-0.2, -0.15) is 0 Å².